The Labute approximate surface area is 189 Å². The number of benzene rings is 1. The van der Waals surface area contributed by atoms with E-state index in [4.69, 9.17) is 0 Å². The predicted molar refractivity (Wildman–Crippen MR) is 117 cm³/mol. The minimum atomic E-state index is -4.10. The molecule has 2 unspecified atom stereocenters. The highest BCUT2D eigenvalue weighted by Crippen LogP contribution is 2.55. The maximum atomic E-state index is 13.7. The highest BCUT2D eigenvalue weighted by atomic mass is 32.2. The molecule has 1 aromatic heterocycles. The molecule has 3 heterocycles. The molecule has 8 nitrogen and oxygen atoms in total. The zero-order valence-electron chi connectivity index (χ0n) is 17.5. The van der Waals surface area contributed by atoms with Gasteiger partial charge in [0.15, 0.2) is 11.7 Å². The fraction of sp³-hybridized carbons (Fsp3) is 0.348. The van der Waals surface area contributed by atoms with Crippen LogP contribution in [0.2, 0.25) is 0 Å². The van der Waals surface area contributed by atoms with Gasteiger partial charge >= 0.3 is 0 Å². The molecule has 2 aliphatic heterocycles. The molecule has 1 aromatic carbocycles. The molecular weight excluding hydrogens is 447 g/mol. The Morgan fingerprint density at radius 2 is 1.91 bits per heavy atom. The van der Waals surface area contributed by atoms with Crippen molar-refractivity contribution >= 4 is 27.6 Å². The maximum absolute atomic E-state index is 13.7. The monoisotopic (exact) mass is 468 g/mol. The molecule has 2 N–H and O–H groups in total. The van der Waals surface area contributed by atoms with E-state index in [1.807, 2.05) is 0 Å². The van der Waals surface area contributed by atoms with Crippen molar-refractivity contribution < 1.29 is 22.7 Å². The molecule has 2 bridgehead atoms. The zero-order chi connectivity index (χ0) is 22.9. The van der Waals surface area contributed by atoms with Gasteiger partial charge in [0.05, 0.1) is 0 Å². The fourth-order valence-corrected chi connectivity index (χ4v) is 7.02. The van der Waals surface area contributed by atoms with Crippen molar-refractivity contribution in [3.63, 3.8) is 0 Å². The number of anilines is 1. The van der Waals surface area contributed by atoms with Crippen molar-refractivity contribution in [3.8, 4) is 0 Å². The quantitative estimate of drug-likeness (QED) is 0.716. The molecule has 1 amide bonds. The van der Waals surface area contributed by atoms with Crippen molar-refractivity contribution in [2.45, 2.75) is 36.7 Å². The van der Waals surface area contributed by atoms with Crippen LogP contribution in [0, 0.1) is 23.6 Å². The van der Waals surface area contributed by atoms with Gasteiger partial charge in [0.2, 0.25) is 0 Å². The van der Waals surface area contributed by atoms with Gasteiger partial charge in [-0.05, 0) is 60.9 Å². The number of pyridine rings is 1. The lowest BCUT2D eigenvalue weighted by atomic mass is 9.77. The summed E-state index contributed by atoms with van der Waals surface area (Å²) in [7, 11) is -4.10. The number of aromatic nitrogens is 1. The summed E-state index contributed by atoms with van der Waals surface area (Å²) in [5.74, 6) is -0.916. The van der Waals surface area contributed by atoms with Gasteiger partial charge in [-0.15, -0.1) is 4.40 Å². The topological polar surface area (TPSA) is 112 Å². The van der Waals surface area contributed by atoms with E-state index in [-0.39, 0.29) is 64.0 Å². The average Bonchev–Trinajstić information content (AvgIpc) is 3.40. The summed E-state index contributed by atoms with van der Waals surface area (Å²) in [6.07, 6.45) is 4.27. The average molecular weight is 469 g/mol. The van der Waals surface area contributed by atoms with Gasteiger partial charge in [-0.25, -0.2) is 9.37 Å². The van der Waals surface area contributed by atoms with E-state index in [2.05, 4.69) is 14.7 Å². The SMILES string of the molecule is O=C1C(C2=NS(=O)(=O)c3cccnc3N2)=C(O)C2C([C@@H]3CC[C@H]2C3)N1Cc1ccc(F)cc1. The number of rotatable bonds is 3. The first-order valence-corrected chi connectivity index (χ1v) is 12.3. The Bertz CT molecular complexity index is 1340. The van der Waals surface area contributed by atoms with E-state index >= 15 is 0 Å². The van der Waals surface area contributed by atoms with Gasteiger partial charge in [0.25, 0.3) is 15.9 Å². The number of hydrogen-bond donors (Lipinski definition) is 2. The molecule has 2 aliphatic carbocycles. The number of sulfonamides is 1. The molecule has 4 aliphatic rings. The van der Waals surface area contributed by atoms with E-state index in [0.717, 1.165) is 24.8 Å². The summed E-state index contributed by atoms with van der Waals surface area (Å²) in [6, 6.07) is 8.64. The summed E-state index contributed by atoms with van der Waals surface area (Å²) >= 11 is 0. The van der Waals surface area contributed by atoms with Crippen molar-refractivity contribution in [2.75, 3.05) is 5.32 Å². The summed E-state index contributed by atoms with van der Waals surface area (Å²) < 4.78 is 42.8. The molecule has 10 heteroatoms. The van der Waals surface area contributed by atoms with Gasteiger partial charge in [0.1, 0.15) is 22.0 Å². The zero-order valence-corrected chi connectivity index (χ0v) is 18.3. The molecule has 170 valence electrons. The number of hydrogen-bond acceptors (Lipinski definition) is 6. The summed E-state index contributed by atoms with van der Waals surface area (Å²) in [4.78, 5) is 19.4. The van der Waals surface area contributed by atoms with Crippen LogP contribution in [-0.4, -0.2) is 41.2 Å². The number of amides is 1. The van der Waals surface area contributed by atoms with E-state index in [9.17, 15) is 22.7 Å². The fourth-order valence-electron chi connectivity index (χ4n) is 5.94. The lowest BCUT2D eigenvalue weighted by Gasteiger charge is -2.44. The third-order valence-electron chi connectivity index (χ3n) is 7.28. The second kappa shape index (κ2) is 7.11. The number of carbonyl (C=O) groups is 1. The van der Waals surface area contributed by atoms with E-state index < -0.39 is 15.9 Å². The second-order valence-corrected chi connectivity index (χ2v) is 10.6. The van der Waals surface area contributed by atoms with Crippen molar-refractivity contribution in [2.24, 2.45) is 22.2 Å². The van der Waals surface area contributed by atoms with Crippen LogP contribution in [-0.2, 0) is 21.4 Å². The van der Waals surface area contributed by atoms with Gasteiger partial charge in [0, 0.05) is 24.7 Å². The third-order valence-corrected chi connectivity index (χ3v) is 8.59. The summed E-state index contributed by atoms with van der Waals surface area (Å²) in [5, 5.41) is 14.1. The Morgan fingerprint density at radius 3 is 2.70 bits per heavy atom. The summed E-state index contributed by atoms with van der Waals surface area (Å²) in [6.45, 7) is 0.231. The minimum absolute atomic E-state index is 0.0655. The van der Waals surface area contributed by atoms with Crippen molar-refractivity contribution in [3.05, 3.63) is 65.3 Å². The number of aliphatic hydroxyl groups is 1. The Kier molecular flexibility index (Phi) is 4.39. The van der Waals surface area contributed by atoms with Crippen LogP contribution >= 0.6 is 0 Å². The molecule has 2 aromatic rings. The number of halogens is 1. The maximum Gasteiger partial charge on any atom is 0.287 e. The van der Waals surface area contributed by atoms with Crippen LogP contribution < -0.4 is 5.32 Å². The number of amidine groups is 1. The number of fused-ring (bicyclic) bond motifs is 6. The van der Waals surface area contributed by atoms with Gasteiger partial charge in [-0.1, -0.05) is 12.1 Å². The predicted octanol–water partition coefficient (Wildman–Crippen LogP) is 3.00. The minimum Gasteiger partial charge on any atom is -0.511 e. The number of aliphatic hydroxyl groups excluding tert-OH is 1. The van der Waals surface area contributed by atoms with E-state index in [1.54, 1.807) is 17.0 Å². The molecule has 2 saturated carbocycles. The van der Waals surface area contributed by atoms with Crippen LogP contribution in [0.3, 0.4) is 0 Å². The smallest absolute Gasteiger partial charge is 0.287 e. The third kappa shape index (κ3) is 3.07. The van der Waals surface area contributed by atoms with Crippen LogP contribution in [0.5, 0.6) is 0 Å². The molecule has 0 radical (unpaired) electrons. The van der Waals surface area contributed by atoms with Crippen molar-refractivity contribution in [1.82, 2.24) is 9.88 Å². The molecule has 6 rings (SSSR count). The van der Waals surface area contributed by atoms with Crippen LogP contribution in [0.1, 0.15) is 24.8 Å². The first kappa shape index (κ1) is 20.3. The molecule has 33 heavy (non-hydrogen) atoms. The first-order valence-electron chi connectivity index (χ1n) is 10.9. The Balaban J connectivity index is 1.45. The molecule has 2 fully saturated rings. The molecule has 0 spiro atoms. The number of carbonyl (C=O) groups excluding carboxylic acids is 1. The van der Waals surface area contributed by atoms with E-state index in [0.29, 0.717) is 0 Å². The summed E-state index contributed by atoms with van der Waals surface area (Å²) in [5.41, 5.74) is 0.621. The highest BCUT2D eigenvalue weighted by molar-refractivity contribution is 7.90. The second-order valence-electron chi connectivity index (χ2n) is 9.06. The molecule has 4 atom stereocenters. The molecular formula is C23H21FN4O4S. The normalized spacial score (nSPS) is 29.4. The lowest BCUT2D eigenvalue weighted by Crippen LogP contribution is -2.53. The highest BCUT2D eigenvalue weighted by Gasteiger charge is 2.57. The number of nitrogens with zero attached hydrogens (tertiary/aromatic N) is 3. The lowest BCUT2D eigenvalue weighted by molar-refractivity contribution is -0.134. The first-order chi connectivity index (χ1) is 15.8. The Hall–Kier alpha value is -3.27. The largest absolute Gasteiger partial charge is 0.511 e. The van der Waals surface area contributed by atoms with Crippen LogP contribution in [0.4, 0.5) is 10.2 Å². The van der Waals surface area contributed by atoms with Crippen LogP contribution in [0.25, 0.3) is 0 Å². The van der Waals surface area contributed by atoms with Gasteiger partial charge < -0.3 is 15.3 Å². The Morgan fingerprint density at radius 1 is 1.15 bits per heavy atom. The van der Waals surface area contributed by atoms with Gasteiger partial charge in [-0.3, -0.25) is 4.79 Å². The van der Waals surface area contributed by atoms with Crippen molar-refractivity contribution in [1.29, 1.82) is 0 Å². The van der Waals surface area contributed by atoms with Crippen LogP contribution in [0.15, 0.2) is 63.2 Å². The molecule has 0 saturated heterocycles. The number of nitrogens with one attached hydrogen (secondary N) is 1. The standard InChI is InChI=1S/C23H21FN4O4S/c24-15-7-3-12(4-8-15)11-28-19-14-6-5-13(10-14)17(19)20(29)18(23(28)30)22-26-21-16(2-1-9-25-21)33(31,32)27-22/h1-4,7-9,13-14,17,19,29H,5-6,10-11H2,(H,25,26,27)/t13-,14+,17?,19?/m0/s1. The van der Waals surface area contributed by atoms with E-state index in [1.165, 1.54) is 30.5 Å². The van der Waals surface area contributed by atoms with Gasteiger partial charge in [-0.2, -0.15) is 8.42 Å².